The first-order chi connectivity index (χ1) is 9.06. The second-order valence-electron chi connectivity index (χ2n) is 5.06. The Kier molecular flexibility index (Phi) is 6.36. The highest BCUT2D eigenvalue weighted by Gasteiger charge is 2.22. The highest BCUT2D eigenvalue weighted by atomic mass is 35.5. The normalized spacial score (nSPS) is 21.9. The van der Waals surface area contributed by atoms with Gasteiger partial charge < -0.3 is 10.6 Å². The van der Waals surface area contributed by atoms with Crippen molar-refractivity contribution in [1.82, 2.24) is 10.6 Å². The quantitative estimate of drug-likeness (QED) is 0.897. The molecule has 0 aromatic heterocycles. The zero-order valence-corrected chi connectivity index (χ0v) is 12.1. The van der Waals surface area contributed by atoms with E-state index in [4.69, 9.17) is 0 Å². The fourth-order valence-corrected chi connectivity index (χ4v) is 2.28. The molecule has 1 heterocycles. The van der Waals surface area contributed by atoms with E-state index < -0.39 is 11.6 Å². The number of carbonyl (C=O) groups excluding carboxylic acids is 1. The Balaban J connectivity index is 0.00000200. The minimum Gasteiger partial charge on any atom is -0.352 e. The van der Waals surface area contributed by atoms with Gasteiger partial charge in [0.1, 0.15) is 11.6 Å². The summed E-state index contributed by atoms with van der Waals surface area (Å²) in [5.41, 5.74) is 0.218. The molecule has 1 amide bonds. The molecule has 20 heavy (non-hydrogen) atoms. The largest absolute Gasteiger partial charge is 0.352 e. The van der Waals surface area contributed by atoms with Crippen LogP contribution >= 0.6 is 12.4 Å². The maximum Gasteiger partial charge on any atom is 0.224 e. The zero-order valence-electron chi connectivity index (χ0n) is 11.3. The van der Waals surface area contributed by atoms with Gasteiger partial charge in [0.25, 0.3) is 0 Å². The number of nitrogens with one attached hydrogen (secondary N) is 2. The molecule has 112 valence electrons. The first-order valence-corrected chi connectivity index (χ1v) is 6.50. The second-order valence-corrected chi connectivity index (χ2v) is 5.06. The van der Waals surface area contributed by atoms with Gasteiger partial charge in [-0.3, -0.25) is 4.79 Å². The smallest absolute Gasteiger partial charge is 0.224 e. The highest BCUT2D eigenvalue weighted by molar-refractivity contribution is 5.85. The Morgan fingerprint density at radius 3 is 2.85 bits per heavy atom. The van der Waals surface area contributed by atoms with Crippen molar-refractivity contribution in [2.75, 3.05) is 13.1 Å². The van der Waals surface area contributed by atoms with Gasteiger partial charge in [-0.2, -0.15) is 0 Å². The van der Waals surface area contributed by atoms with Crippen molar-refractivity contribution in [1.29, 1.82) is 0 Å². The molecule has 0 spiro atoms. The summed E-state index contributed by atoms with van der Waals surface area (Å²) in [5, 5.41) is 6.11. The fourth-order valence-electron chi connectivity index (χ4n) is 2.28. The standard InChI is InChI=1S/C14H18F2N2O.ClH/c1-9-4-5-17-8-13(9)18-14(19)6-10-2-3-11(15)7-12(10)16;/h2-3,7,9,13,17H,4-6,8H2,1H3,(H,18,19);1H. The van der Waals surface area contributed by atoms with E-state index in [2.05, 4.69) is 17.6 Å². The summed E-state index contributed by atoms with van der Waals surface area (Å²) >= 11 is 0. The van der Waals surface area contributed by atoms with Gasteiger partial charge in [0.05, 0.1) is 6.42 Å². The van der Waals surface area contributed by atoms with Crippen LogP contribution in [-0.4, -0.2) is 25.0 Å². The third-order valence-corrected chi connectivity index (χ3v) is 3.54. The molecule has 1 saturated heterocycles. The predicted octanol–water partition coefficient (Wildman–Crippen LogP) is 2.04. The van der Waals surface area contributed by atoms with Gasteiger partial charge in [0.15, 0.2) is 0 Å². The summed E-state index contributed by atoms with van der Waals surface area (Å²) in [6.45, 7) is 3.78. The molecular weight excluding hydrogens is 286 g/mol. The SMILES string of the molecule is CC1CCNCC1NC(=O)Cc1ccc(F)cc1F.Cl. The van der Waals surface area contributed by atoms with Gasteiger partial charge in [0, 0.05) is 18.7 Å². The van der Waals surface area contributed by atoms with Crippen LogP contribution in [0.15, 0.2) is 18.2 Å². The molecule has 1 aliphatic rings. The molecule has 1 aromatic rings. The van der Waals surface area contributed by atoms with Crippen LogP contribution in [0.2, 0.25) is 0 Å². The van der Waals surface area contributed by atoms with Crippen molar-refractivity contribution in [3.8, 4) is 0 Å². The summed E-state index contributed by atoms with van der Waals surface area (Å²) in [7, 11) is 0. The summed E-state index contributed by atoms with van der Waals surface area (Å²) < 4.78 is 26.2. The van der Waals surface area contributed by atoms with Crippen LogP contribution in [0.3, 0.4) is 0 Å². The Morgan fingerprint density at radius 1 is 1.45 bits per heavy atom. The topological polar surface area (TPSA) is 41.1 Å². The third kappa shape index (κ3) is 4.42. The van der Waals surface area contributed by atoms with Crippen molar-refractivity contribution in [2.24, 2.45) is 5.92 Å². The lowest BCUT2D eigenvalue weighted by atomic mass is 9.94. The number of amides is 1. The second kappa shape index (κ2) is 7.55. The number of carbonyl (C=O) groups is 1. The average molecular weight is 305 g/mol. The molecule has 2 rings (SSSR count). The lowest BCUT2D eigenvalue weighted by Gasteiger charge is -2.30. The minimum atomic E-state index is -0.676. The first kappa shape index (κ1) is 16.9. The third-order valence-electron chi connectivity index (χ3n) is 3.54. The summed E-state index contributed by atoms with van der Waals surface area (Å²) in [6, 6.07) is 3.35. The number of piperidine rings is 1. The molecule has 0 bridgehead atoms. The summed E-state index contributed by atoms with van der Waals surface area (Å²) in [4.78, 5) is 11.9. The monoisotopic (exact) mass is 304 g/mol. The van der Waals surface area contributed by atoms with Crippen molar-refractivity contribution >= 4 is 18.3 Å². The van der Waals surface area contributed by atoms with Crippen LogP contribution in [0, 0.1) is 17.6 Å². The molecule has 2 unspecified atom stereocenters. The van der Waals surface area contributed by atoms with E-state index in [0.717, 1.165) is 31.6 Å². The number of hydrogen-bond donors (Lipinski definition) is 2. The molecule has 2 N–H and O–H groups in total. The van der Waals surface area contributed by atoms with Crippen molar-refractivity contribution in [3.63, 3.8) is 0 Å². The summed E-state index contributed by atoms with van der Waals surface area (Å²) in [6.07, 6.45) is 0.950. The number of hydrogen-bond acceptors (Lipinski definition) is 2. The van der Waals surface area contributed by atoms with Crippen LogP contribution in [-0.2, 0) is 11.2 Å². The van der Waals surface area contributed by atoms with E-state index in [-0.39, 0.29) is 36.3 Å². The molecule has 0 radical (unpaired) electrons. The molecule has 1 aromatic carbocycles. The van der Waals surface area contributed by atoms with E-state index in [1.807, 2.05) is 0 Å². The molecular formula is C14H19ClF2N2O. The molecule has 0 aliphatic carbocycles. The van der Waals surface area contributed by atoms with Crippen molar-refractivity contribution in [3.05, 3.63) is 35.4 Å². The lowest BCUT2D eigenvalue weighted by molar-refractivity contribution is -0.121. The molecule has 1 aliphatic heterocycles. The number of rotatable bonds is 3. The van der Waals surface area contributed by atoms with Gasteiger partial charge in [-0.1, -0.05) is 13.0 Å². The Labute approximate surface area is 123 Å². The average Bonchev–Trinajstić information content (AvgIpc) is 2.36. The van der Waals surface area contributed by atoms with Gasteiger partial charge in [-0.05, 0) is 30.5 Å². The van der Waals surface area contributed by atoms with Crippen LogP contribution in [0.4, 0.5) is 8.78 Å². The van der Waals surface area contributed by atoms with E-state index in [1.165, 1.54) is 6.07 Å². The number of halogens is 3. The van der Waals surface area contributed by atoms with Gasteiger partial charge in [-0.15, -0.1) is 12.4 Å². The maximum absolute atomic E-state index is 13.4. The van der Waals surface area contributed by atoms with Crippen molar-refractivity contribution < 1.29 is 13.6 Å². The molecule has 3 nitrogen and oxygen atoms in total. The van der Waals surface area contributed by atoms with E-state index in [1.54, 1.807) is 0 Å². The first-order valence-electron chi connectivity index (χ1n) is 6.50. The lowest BCUT2D eigenvalue weighted by Crippen LogP contribution is -2.50. The summed E-state index contributed by atoms with van der Waals surface area (Å²) in [5.74, 6) is -1.13. The fraction of sp³-hybridized carbons (Fsp3) is 0.500. The molecule has 6 heteroatoms. The zero-order chi connectivity index (χ0) is 13.8. The van der Waals surface area contributed by atoms with Crippen LogP contribution in [0.25, 0.3) is 0 Å². The van der Waals surface area contributed by atoms with Gasteiger partial charge in [-0.25, -0.2) is 8.78 Å². The predicted molar refractivity (Wildman–Crippen MR) is 75.9 cm³/mol. The van der Waals surface area contributed by atoms with Gasteiger partial charge in [0.2, 0.25) is 5.91 Å². The maximum atomic E-state index is 13.4. The van der Waals surface area contributed by atoms with E-state index in [9.17, 15) is 13.6 Å². The van der Waals surface area contributed by atoms with Crippen LogP contribution < -0.4 is 10.6 Å². The van der Waals surface area contributed by atoms with Gasteiger partial charge >= 0.3 is 0 Å². The molecule has 0 saturated carbocycles. The van der Waals surface area contributed by atoms with Crippen LogP contribution in [0.5, 0.6) is 0 Å². The van der Waals surface area contributed by atoms with E-state index >= 15 is 0 Å². The molecule has 1 fully saturated rings. The Bertz CT molecular complexity index is 470. The Morgan fingerprint density at radius 2 is 2.20 bits per heavy atom. The number of benzene rings is 1. The molecule has 2 atom stereocenters. The minimum absolute atomic E-state index is 0. The Hall–Kier alpha value is -1.20. The highest BCUT2D eigenvalue weighted by Crippen LogP contribution is 2.13. The van der Waals surface area contributed by atoms with Crippen LogP contribution in [0.1, 0.15) is 18.9 Å². The van der Waals surface area contributed by atoms with E-state index in [0.29, 0.717) is 5.92 Å². The van der Waals surface area contributed by atoms with Crippen molar-refractivity contribution in [2.45, 2.75) is 25.8 Å².